The summed E-state index contributed by atoms with van der Waals surface area (Å²) in [6, 6.07) is 16.6. The van der Waals surface area contributed by atoms with Gasteiger partial charge >= 0.3 is 0 Å². The van der Waals surface area contributed by atoms with Crippen LogP contribution in [0.2, 0.25) is 5.02 Å². The molecule has 0 radical (unpaired) electrons. The standard InChI is InChI=1S/C18H20ClNO/c1-12(13-7-6-8-14(19)11-13)20-17-15-9-4-5-10-16(15)21-18(17,2)3/h4-12,17,20H,1-3H3. The Kier molecular flexibility index (Phi) is 3.68. The minimum absolute atomic E-state index is 0.155. The molecule has 2 aromatic rings. The average Bonchev–Trinajstić information content (AvgIpc) is 2.69. The topological polar surface area (TPSA) is 21.3 Å². The zero-order chi connectivity index (χ0) is 15.0. The molecule has 1 aliphatic heterocycles. The van der Waals surface area contributed by atoms with Crippen LogP contribution in [0.25, 0.3) is 0 Å². The van der Waals surface area contributed by atoms with Gasteiger partial charge in [0.05, 0.1) is 6.04 Å². The zero-order valence-corrected chi connectivity index (χ0v) is 13.3. The average molecular weight is 302 g/mol. The quantitative estimate of drug-likeness (QED) is 0.870. The van der Waals surface area contributed by atoms with Crippen molar-refractivity contribution in [1.29, 1.82) is 0 Å². The van der Waals surface area contributed by atoms with Gasteiger partial charge in [0.25, 0.3) is 0 Å². The third kappa shape index (κ3) is 2.78. The van der Waals surface area contributed by atoms with Crippen LogP contribution in [0.1, 0.15) is 44.0 Å². The molecule has 0 fully saturated rings. The summed E-state index contributed by atoms with van der Waals surface area (Å²) in [7, 11) is 0. The van der Waals surface area contributed by atoms with Gasteiger partial charge in [-0.1, -0.05) is 41.9 Å². The van der Waals surface area contributed by atoms with Crippen molar-refractivity contribution in [1.82, 2.24) is 5.32 Å². The van der Waals surface area contributed by atoms with Gasteiger partial charge in [-0.15, -0.1) is 0 Å². The van der Waals surface area contributed by atoms with E-state index in [-0.39, 0.29) is 17.7 Å². The Balaban J connectivity index is 1.87. The number of halogens is 1. The number of rotatable bonds is 3. The Morgan fingerprint density at radius 3 is 2.67 bits per heavy atom. The van der Waals surface area contributed by atoms with Crippen molar-refractivity contribution < 1.29 is 4.74 Å². The van der Waals surface area contributed by atoms with Crippen molar-refractivity contribution in [3.05, 3.63) is 64.7 Å². The van der Waals surface area contributed by atoms with Crippen LogP contribution in [-0.2, 0) is 0 Å². The molecule has 0 aromatic heterocycles. The summed E-state index contributed by atoms with van der Waals surface area (Å²) in [4.78, 5) is 0. The maximum atomic E-state index is 6.09. The van der Waals surface area contributed by atoms with Crippen LogP contribution in [0, 0.1) is 0 Å². The highest BCUT2D eigenvalue weighted by atomic mass is 35.5. The van der Waals surface area contributed by atoms with Gasteiger partial charge in [-0.25, -0.2) is 0 Å². The lowest BCUT2D eigenvalue weighted by Gasteiger charge is -2.30. The van der Waals surface area contributed by atoms with Crippen LogP contribution in [-0.4, -0.2) is 5.60 Å². The second kappa shape index (κ2) is 5.36. The SMILES string of the molecule is CC(NC1c2ccccc2OC1(C)C)c1cccc(Cl)c1. The summed E-state index contributed by atoms with van der Waals surface area (Å²) in [6.07, 6.45) is 0. The van der Waals surface area contributed by atoms with E-state index in [9.17, 15) is 0 Å². The fraction of sp³-hybridized carbons (Fsp3) is 0.333. The predicted octanol–water partition coefficient (Wildman–Crippen LogP) is 4.90. The van der Waals surface area contributed by atoms with E-state index in [0.29, 0.717) is 0 Å². The predicted molar refractivity (Wildman–Crippen MR) is 86.9 cm³/mol. The minimum Gasteiger partial charge on any atom is -0.486 e. The van der Waals surface area contributed by atoms with Gasteiger partial charge in [0.2, 0.25) is 0 Å². The van der Waals surface area contributed by atoms with Gasteiger partial charge in [0.15, 0.2) is 0 Å². The summed E-state index contributed by atoms with van der Waals surface area (Å²) in [5, 5.41) is 4.45. The molecule has 3 heteroatoms. The number of nitrogens with one attached hydrogen (secondary N) is 1. The Morgan fingerprint density at radius 2 is 1.90 bits per heavy atom. The van der Waals surface area contributed by atoms with Crippen LogP contribution in [0.3, 0.4) is 0 Å². The normalized spacial score (nSPS) is 20.7. The highest BCUT2D eigenvalue weighted by Crippen LogP contribution is 2.43. The molecule has 3 rings (SSSR count). The van der Waals surface area contributed by atoms with Crippen molar-refractivity contribution in [3.63, 3.8) is 0 Å². The molecular formula is C18H20ClNO. The Bertz CT molecular complexity index is 653. The fourth-order valence-electron chi connectivity index (χ4n) is 2.94. The third-order valence-electron chi connectivity index (χ3n) is 4.06. The maximum Gasteiger partial charge on any atom is 0.125 e. The van der Waals surface area contributed by atoms with Crippen molar-refractivity contribution in [2.45, 2.75) is 38.5 Å². The summed E-state index contributed by atoms with van der Waals surface area (Å²) in [5.41, 5.74) is 2.13. The number of hydrogen-bond acceptors (Lipinski definition) is 2. The lowest BCUT2D eigenvalue weighted by molar-refractivity contribution is 0.0919. The van der Waals surface area contributed by atoms with E-state index in [2.05, 4.69) is 44.3 Å². The smallest absolute Gasteiger partial charge is 0.125 e. The van der Waals surface area contributed by atoms with E-state index in [1.54, 1.807) is 0 Å². The zero-order valence-electron chi connectivity index (χ0n) is 12.6. The first-order chi connectivity index (χ1) is 9.97. The molecule has 21 heavy (non-hydrogen) atoms. The maximum absolute atomic E-state index is 6.09. The fourth-order valence-corrected chi connectivity index (χ4v) is 3.14. The monoisotopic (exact) mass is 301 g/mol. The van der Waals surface area contributed by atoms with Crippen molar-refractivity contribution >= 4 is 11.6 Å². The summed E-state index contributed by atoms with van der Waals surface area (Å²) >= 11 is 6.09. The van der Waals surface area contributed by atoms with Gasteiger partial charge in [0, 0.05) is 16.6 Å². The second-order valence-corrected chi connectivity index (χ2v) is 6.56. The molecule has 0 bridgehead atoms. The van der Waals surface area contributed by atoms with E-state index in [4.69, 9.17) is 16.3 Å². The van der Waals surface area contributed by atoms with E-state index in [1.807, 2.05) is 30.3 Å². The van der Waals surface area contributed by atoms with Crippen LogP contribution in [0.15, 0.2) is 48.5 Å². The Morgan fingerprint density at radius 1 is 1.14 bits per heavy atom. The molecule has 0 amide bonds. The van der Waals surface area contributed by atoms with E-state index in [1.165, 1.54) is 11.1 Å². The number of hydrogen-bond donors (Lipinski definition) is 1. The summed E-state index contributed by atoms with van der Waals surface area (Å²) in [5.74, 6) is 0.971. The van der Waals surface area contributed by atoms with E-state index < -0.39 is 0 Å². The van der Waals surface area contributed by atoms with E-state index >= 15 is 0 Å². The second-order valence-electron chi connectivity index (χ2n) is 6.12. The molecule has 110 valence electrons. The first-order valence-corrected chi connectivity index (χ1v) is 7.64. The van der Waals surface area contributed by atoms with Crippen LogP contribution in [0.5, 0.6) is 5.75 Å². The molecule has 1 heterocycles. The summed E-state index contributed by atoms with van der Waals surface area (Å²) < 4.78 is 6.08. The largest absolute Gasteiger partial charge is 0.486 e. The van der Waals surface area contributed by atoms with Gasteiger partial charge in [-0.05, 0) is 44.5 Å². The van der Waals surface area contributed by atoms with Crippen LogP contribution < -0.4 is 10.1 Å². The highest BCUT2D eigenvalue weighted by Gasteiger charge is 2.41. The van der Waals surface area contributed by atoms with Crippen molar-refractivity contribution in [2.75, 3.05) is 0 Å². The first kappa shape index (κ1) is 14.4. The molecule has 1 N–H and O–H groups in total. The molecule has 0 saturated carbocycles. The molecular weight excluding hydrogens is 282 g/mol. The first-order valence-electron chi connectivity index (χ1n) is 7.27. The van der Waals surface area contributed by atoms with Crippen LogP contribution in [0.4, 0.5) is 0 Å². The minimum atomic E-state index is -0.267. The Hall–Kier alpha value is -1.51. The number of fused-ring (bicyclic) bond motifs is 1. The van der Waals surface area contributed by atoms with E-state index in [0.717, 1.165) is 10.8 Å². The van der Waals surface area contributed by atoms with Gasteiger partial charge < -0.3 is 4.74 Å². The lowest BCUT2D eigenvalue weighted by atomic mass is 9.93. The molecule has 0 spiro atoms. The number of ether oxygens (including phenoxy) is 1. The van der Waals surface area contributed by atoms with Gasteiger partial charge in [0.1, 0.15) is 11.4 Å². The molecule has 2 unspecified atom stereocenters. The third-order valence-corrected chi connectivity index (χ3v) is 4.30. The molecule has 0 saturated heterocycles. The van der Waals surface area contributed by atoms with Crippen molar-refractivity contribution in [3.8, 4) is 5.75 Å². The van der Waals surface area contributed by atoms with Gasteiger partial charge in [-0.3, -0.25) is 5.32 Å². The lowest BCUT2D eigenvalue weighted by Crippen LogP contribution is -2.40. The molecule has 2 atom stereocenters. The molecule has 2 aromatic carbocycles. The summed E-state index contributed by atoms with van der Waals surface area (Å²) in [6.45, 7) is 6.40. The number of para-hydroxylation sites is 1. The molecule has 2 nitrogen and oxygen atoms in total. The van der Waals surface area contributed by atoms with Crippen molar-refractivity contribution in [2.24, 2.45) is 0 Å². The molecule has 1 aliphatic rings. The highest BCUT2D eigenvalue weighted by molar-refractivity contribution is 6.30. The van der Waals surface area contributed by atoms with Gasteiger partial charge in [-0.2, -0.15) is 0 Å². The molecule has 0 aliphatic carbocycles. The van der Waals surface area contributed by atoms with Crippen LogP contribution >= 0.6 is 11.6 Å². The Labute approximate surface area is 131 Å². The number of benzene rings is 2.